The number of para-hydroxylation sites is 2. The van der Waals surface area contributed by atoms with Crippen LogP contribution in [-0.2, 0) is 27.4 Å². The van der Waals surface area contributed by atoms with Crippen molar-refractivity contribution in [3.05, 3.63) is 70.4 Å². The van der Waals surface area contributed by atoms with E-state index in [4.69, 9.17) is 4.74 Å². The number of thiazole rings is 2. The molecule has 0 radical (unpaired) electrons. The molecule has 164 valence electrons. The van der Waals surface area contributed by atoms with Gasteiger partial charge in [0.2, 0.25) is 5.91 Å². The number of hydrogen-bond donors (Lipinski definition) is 0. The Morgan fingerprint density at radius 3 is 2.66 bits per heavy atom. The Labute approximate surface area is 192 Å². The summed E-state index contributed by atoms with van der Waals surface area (Å²) in [5, 5.41) is 3.02. The molecular weight excluding hydrogens is 449 g/mol. The molecule has 0 bridgehead atoms. The lowest BCUT2D eigenvalue weighted by atomic mass is 10.2. The minimum absolute atomic E-state index is 0.000508. The summed E-state index contributed by atoms with van der Waals surface area (Å²) in [7, 11) is 0. The fourth-order valence-corrected chi connectivity index (χ4v) is 5.02. The zero-order valence-electron chi connectivity index (χ0n) is 17.3. The van der Waals surface area contributed by atoms with Gasteiger partial charge in [-0.2, -0.15) is 0 Å². The van der Waals surface area contributed by atoms with Gasteiger partial charge in [0.05, 0.1) is 26.6 Å². The molecule has 2 heterocycles. The fourth-order valence-electron chi connectivity index (χ4n) is 3.14. The predicted octanol–water partition coefficient (Wildman–Crippen LogP) is 5.64. The third kappa shape index (κ3) is 5.17. The Kier molecular flexibility index (Phi) is 6.87. The maximum atomic E-state index is 14.2. The number of anilines is 2. The number of rotatable bonds is 8. The number of ether oxygens (including phenoxy) is 1. The molecule has 0 unspecified atom stereocenters. The van der Waals surface area contributed by atoms with Gasteiger partial charge in [-0.3, -0.25) is 14.5 Å². The molecule has 2 aromatic carbocycles. The second-order valence-corrected chi connectivity index (χ2v) is 8.97. The number of amides is 1. The van der Waals surface area contributed by atoms with Crippen molar-refractivity contribution in [1.29, 1.82) is 0 Å². The van der Waals surface area contributed by atoms with E-state index in [-0.39, 0.29) is 30.6 Å². The maximum absolute atomic E-state index is 14.2. The SMILES string of the molecule is CC(=O)N(c1nc(COC(=O)CCCc2nc3ccccc3s2)cs1)c1ccccc1F. The first-order valence-corrected chi connectivity index (χ1v) is 11.7. The first-order valence-electron chi connectivity index (χ1n) is 10.0. The minimum atomic E-state index is -0.515. The van der Waals surface area contributed by atoms with Crippen LogP contribution in [0.15, 0.2) is 53.9 Å². The van der Waals surface area contributed by atoms with Crippen molar-refractivity contribution in [1.82, 2.24) is 9.97 Å². The first-order chi connectivity index (χ1) is 15.5. The molecule has 0 N–H and O–H groups in total. The lowest BCUT2D eigenvalue weighted by Gasteiger charge is -2.18. The molecule has 0 atom stereocenters. The smallest absolute Gasteiger partial charge is 0.306 e. The average Bonchev–Trinajstić information content (AvgIpc) is 3.40. The largest absolute Gasteiger partial charge is 0.459 e. The summed E-state index contributed by atoms with van der Waals surface area (Å²) in [6, 6.07) is 14.0. The summed E-state index contributed by atoms with van der Waals surface area (Å²) in [6.45, 7) is 1.35. The zero-order valence-corrected chi connectivity index (χ0v) is 18.9. The number of benzene rings is 2. The van der Waals surface area contributed by atoms with Crippen LogP contribution in [0.3, 0.4) is 0 Å². The Morgan fingerprint density at radius 1 is 1.09 bits per heavy atom. The predicted molar refractivity (Wildman–Crippen MR) is 124 cm³/mol. The average molecular weight is 470 g/mol. The first kappa shape index (κ1) is 22.0. The summed E-state index contributed by atoms with van der Waals surface area (Å²) < 4.78 is 20.6. The van der Waals surface area contributed by atoms with Crippen LogP contribution in [0.4, 0.5) is 15.2 Å². The molecule has 0 fully saturated rings. The number of aromatic nitrogens is 2. The van der Waals surface area contributed by atoms with E-state index in [1.165, 1.54) is 35.3 Å². The molecule has 4 aromatic rings. The summed E-state index contributed by atoms with van der Waals surface area (Å²) in [6.07, 6.45) is 1.64. The highest BCUT2D eigenvalue weighted by atomic mass is 32.1. The Balaban J connectivity index is 1.30. The molecule has 0 spiro atoms. The molecule has 4 rings (SSSR count). The fraction of sp³-hybridized carbons (Fsp3) is 0.217. The third-order valence-electron chi connectivity index (χ3n) is 4.63. The van der Waals surface area contributed by atoms with E-state index in [1.807, 2.05) is 24.3 Å². The van der Waals surface area contributed by atoms with Gasteiger partial charge in [-0.05, 0) is 37.1 Å². The van der Waals surface area contributed by atoms with E-state index in [0.29, 0.717) is 23.7 Å². The molecule has 0 saturated carbocycles. The standard InChI is InChI=1S/C23H20FN3O3S2/c1-15(28)27(19-9-4-2-7-17(19)24)23-25-16(14-31-23)13-30-22(29)12-6-11-21-26-18-8-3-5-10-20(18)32-21/h2-5,7-10,14H,6,11-13H2,1H3. The molecule has 0 aliphatic rings. The lowest BCUT2D eigenvalue weighted by Crippen LogP contribution is -2.23. The highest BCUT2D eigenvalue weighted by molar-refractivity contribution is 7.18. The topological polar surface area (TPSA) is 72.4 Å². The van der Waals surface area contributed by atoms with Gasteiger partial charge in [0.1, 0.15) is 12.4 Å². The van der Waals surface area contributed by atoms with Crippen LogP contribution < -0.4 is 4.90 Å². The Morgan fingerprint density at radius 2 is 1.88 bits per heavy atom. The van der Waals surface area contributed by atoms with Crippen molar-refractivity contribution in [3.63, 3.8) is 0 Å². The van der Waals surface area contributed by atoms with E-state index in [9.17, 15) is 14.0 Å². The Hall–Kier alpha value is -3.17. The van der Waals surface area contributed by atoms with Crippen LogP contribution in [0, 0.1) is 5.82 Å². The van der Waals surface area contributed by atoms with Crippen LogP contribution in [0.1, 0.15) is 30.5 Å². The molecule has 6 nitrogen and oxygen atoms in total. The number of hydrogen-bond acceptors (Lipinski definition) is 7. The van der Waals surface area contributed by atoms with Crippen LogP contribution in [0.5, 0.6) is 0 Å². The van der Waals surface area contributed by atoms with Gasteiger partial charge >= 0.3 is 5.97 Å². The number of carbonyl (C=O) groups is 2. The van der Waals surface area contributed by atoms with E-state index in [0.717, 1.165) is 15.2 Å². The van der Waals surface area contributed by atoms with Crippen LogP contribution in [-0.4, -0.2) is 21.8 Å². The summed E-state index contributed by atoms with van der Waals surface area (Å²) in [4.78, 5) is 34.3. The van der Waals surface area contributed by atoms with Gasteiger partial charge in [-0.1, -0.05) is 24.3 Å². The van der Waals surface area contributed by atoms with Gasteiger partial charge < -0.3 is 4.74 Å². The number of halogens is 1. The van der Waals surface area contributed by atoms with Crippen LogP contribution in [0.25, 0.3) is 10.2 Å². The van der Waals surface area contributed by atoms with Gasteiger partial charge in [-0.25, -0.2) is 14.4 Å². The number of aryl methyl sites for hydroxylation is 1. The van der Waals surface area contributed by atoms with E-state index in [1.54, 1.807) is 28.8 Å². The van der Waals surface area contributed by atoms with Crippen molar-refractivity contribution in [3.8, 4) is 0 Å². The van der Waals surface area contributed by atoms with E-state index >= 15 is 0 Å². The van der Waals surface area contributed by atoms with Crippen molar-refractivity contribution >= 4 is 55.6 Å². The van der Waals surface area contributed by atoms with E-state index < -0.39 is 5.82 Å². The second kappa shape index (κ2) is 9.97. The van der Waals surface area contributed by atoms with Crippen molar-refractivity contribution in [2.75, 3.05) is 4.90 Å². The van der Waals surface area contributed by atoms with Gasteiger partial charge in [0.25, 0.3) is 0 Å². The molecule has 32 heavy (non-hydrogen) atoms. The number of esters is 1. The van der Waals surface area contributed by atoms with Crippen molar-refractivity contribution in [2.45, 2.75) is 32.8 Å². The molecule has 1 amide bonds. The quantitative estimate of drug-likeness (QED) is 0.312. The zero-order chi connectivity index (χ0) is 22.5. The number of nitrogens with zero attached hydrogens (tertiary/aromatic N) is 3. The number of carbonyl (C=O) groups excluding carboxylic acids is 2. The molecular formula is C23H20FN3O3S2. The molecule has 0 saturated heterocycles. The van der Waals surface area contributed by atoms with Gasteiger partial charge in [0, 0.05) is 18.7 Å². The normalized spacial score (nSPS) is 10.9. The summed E-state index contributed by atoms with van der Waals surface area (Å²) >= 11 is 2.82. The maximum Gasteiger partial charge on any atom is 0.306 e. The van der Waals surface area contributed by atoms with Gasteiger partial charge in [-0.15, -0.1) is 22.7 Å². The lowest BCUT2D eigenvalue weighted by molar-refractivity contribution is -0.145. The number of fused-ring (bicyclic) bond motifs is 1. The van der Waals surface area contributed by atoms with Crippen molar-refractivity contribution in [2.24, 2.45) is 0 Å². The van der Waals surface area contributed by atoms with Crippen molar-refractivity contribution < 1.29 is 18.7 Å². The highest BCUT2D eigenvalue weighted by Crippen LogP contribution is 2.31. The molecule has 0 aliphatic carbocycles. The van der Waals surface area contributed by atoms with Gasteiger partial charge in [0.15, 0.2) is 5.13 Å². The highest BCUT2D eigenvalue weighted by Gasteiger charge is 2.21. The Bertz CT molecular complexity index is 1220. The van der Waals surface area contributed by atoms with E-state index in [2.05, 4.69) is 9.97 Å². The molecule has 2 aromatic heterocycles. The molecule has 9 heteroatoms. The second-order valence-electron chi connectivity index (χ2n) is 7.02. The monoisotopic (exact) mass is 469 g/mol. The summed E-state index contributed by atoms with van der Waals surface area (Å²) in [5.41, 5.74) is 1.62. The van der Waals surface area contributed by atoms with Crippen LogP contribution >= 0.6 is 22.7 Å². The third-order valence-corrected chi connectivity index (χ3v) is 6.60. The summed E-state index contributed by atoms with van der Waals surface area (Å²) in [5.74, 6) is -1.19. The molecule has 0 aliphatic heterocycles. The minimum Gasteiger partial charge on any atom is -0.459 e. The van der Waals surface area contributed by atoms with Crippen LogP contribution in [0.2, 0.25) is 0 Å².